The first-order valence-corrected chi connectivity index (χ1v) is 10.9. The van der Waals surface area contributed by atoms with Gasteiger partial charge in [0.1, 0.15) is 0 Å². The molecule has 0 saturated heterocycles. The van der Waals surface area contributed by atoms with E-state index in [1.54, 1.807) is 23.6 Å². The molecule has 30 heavy (non-hydrogen) atoms. The lowest BCUT2D eigenvalue weighted by molar-refractivity contribution is -0.143. The molecule has 0 saturated carbocycles. The summed E-state index contributed by atoms with van der Waals surface area (Å²) in [5.74, 6) is -0.274. The molecule has 3 rings (SSSR count). The second kappa shape index (κ2) is 9.43. The van der Waals surface area contributed by atoms with Crippen LogP contribution in [0.15, 0.2) is 46.2 Å². The maximum Gasteiger partial charge on any atom is 0.305 e. The number of carbonyl (C=O) groups is 2. The van der Waals surface area contributed by atoms with Gasteiger partial charge in [-0.25, -0.2) is 0 Å². The van der Waals surface area contributed by atoms with Crippen LogP contribution in [0.4, 0.5) is 22.7 Å². The summed E-state index contributed by atoms with van der Waals surface area (Å²) in [5, 5.41) is 0. The number of rotatable bonds is 7. The van der Waals surface area contributed by atoms with Gasteiger partial charge in [0, 0.05) is 62.2 Å². The summed E-state index contributed by atoms with van der Waals surface area (Å²) < 4.78 is 4.98. The fraction of sp³-hybridized carbons (Fsp3) is 0.391. The molecule has 1 aliphatic rings. The summed E-state index contributed by atoms with van der Waals surface area (Å²) in [7, 11) is 8.02. The van der Waals surface area contributed by atoms with E-state index in [-0.39, 0.29) is 24.7 Å². The van der Waals surface area contributed by atoms with Gasteiger partial charge in [0.15, 0.2) is 0 Å². The van der Waals surface area contributed by atoms with Gasteiger partial charge in [-0.3, -0.25) is 14.5 Å². The van der Waals surface area contributed by atoms with Gasteiger partial charge in [-0.15, -0.1) is 0 Å². The predicted octanol–water partition coefficient (Wildman–Crippen LogP) is 4.68. The second-order valence-corrected chi connectivity index (χ2v) is 8.67. The molecule has 2 aromatic rings. The molecular formula is C23H29N3O3S. The second-order valence-electron chi connectivity index (χ2n) is 7.58. The van der Waals surface area contributed by atoms with Crippen molar-refractivity contribution in [3.63, 3.8) is 0 Å². The van der Waals surface area contributed by atoms with Crippen molar-refractivity contribution in [2.24, 2.45) is 0 Å². The zero-order valence-corrected chi connectivity index (χ0v) is 19.1. The van der Waals surface area contributed by atoms with Gasteiger partial charge < -0.3 is 14.5 Å². The van der Waals surface area contributed by atoms with Gasteiger partial charge in [0.05, 0.1) is 18.0 Å². The molecule has 1 aliphatic heterocycles. The Bertz CT molecular complexity index is 886. The first-order valence-electron chi connectivity index (χ1n) is 10.1. The molecule has 0 aromatic heterocycles. The van der Waals surface area contributed by atoms with Crippen LogP contribution in [-0.2, 0) is 14.3 Å². The van der Waals surface area contributed by atoms with E-state index < -0.39 is 0 Å². The SMILES string of the molecule is CCOC(=O)CCCC(=O)N1c2ccc(N(C)C)cc2Sc2cc(N(C)C)ccc21. The van der Waals surface area contributed by atoms with Gasteiger partial charge in [-0.05, 0) is 49.7 Å². The minimum atomic E-state index is -0.258. The molecule has 0 radical (unpaired) electrons. The van der Waals surface area contributed by atoms with Crippen LogP contribution in [0.25, 0.3) is 0 Å². The van der Waals surface area contributed by atoms with E-state index in [9.17, 15) is 9.59 Å². The number of esters is 1. The number of hydrogen-bond acceptors (Lipinski definition) is 6. The van der Waals surface area contributed by atoms with Crippen LogP contribution < -0.4 is 14.7 Å². The minimum absolute atomic E-state index is 0.0164. The van der Waals surface area contributed by atoms with Crippen molar-refractivity contribution in [2.45, 2.75) is 36.0 Å². The van der Waals surface area contributed by atoms with Crippen LogP contribution in [0.5, 0.6) is 0 Å². The van der Waals surface area contributed by atoms with Gasteiger partial charge in [-0.2, -0.15) is 0 Å². The van der Waals surface area contributed by atoms with Gasteiger partial charge in [0.25, 0.3) is 0 Å². The molecule has 7 heteroatoms. The molecule has 0 aliphatic carbocycles. The zero-order chi connectivity index (χ0) is 21.8. The Morgan fingerprint density at radius 1 is 0.900 bits per heavy atom. The van der Waals surface area contributed by atoms with Crippen LogP contribution >= 0.6 is 11.8 Å². The monoisotopic (exact) mass is 427 g/mol. The fourth-order valence-electron chi connectivity index (χ4n) is 3.34. The number of benzene rings is 2. The topological polar surface area (TPSA) is 53.1 Å². The lowest BCUT2D eigenvalue weighted by Gasteiger charge is -2.32. The average molecular weight is 428 g/mol. The van der Waals surface area contributed by atoms with Crippen molar-refractivity contribution in [1.29, 1.82) is 0 Å². The number of amides is 1. The van der Waals surface area contributed by atoms with Crippen molar-refractivity contribution < 1.29 is 14.3 Å². The van der Waals surface area contributed by atoms with E-state index in [0.29, 0.717) is 13.0 Å². The summed E-state index contributed by atoms with van der Waals surface area (Å²) in [5.41, 5.74) is 3.94. The summed E-state index contributed by atoms with van der Waals surface area (Å²) in [4.78, 5) is 32.9. The van der Waals surface area contributed by atoms with Crippen molar-refractivity contribution >= 4 is 46.4 Å². The van der Waals surface area contributed by atoms with Gasteiger partial charge in [0.2, 0.25) is 5.91 Å². The van der Waals surface area contributed by atoms with Crippen molar-refractivity contribution in [1.82, 2.24) is 0 Å². The van der Waals surface area contributed by atoms with Crippen LogP contribution in [0.1, 0.15) is 26.2 Å². The number of nitrogens with zero attached hydrogens (tertiary/aromatic N) is 3. The van der Waals surface area contributed by atoms with Crippen molar-refractivity contribution in [3.05, 3.63) is 36.4 Å². The maximum absolute atomic E-state index is 13.2. The van der Waals surface area contributed by atoms with Crippen molar-refractivity contribution in [2.75, 3.05) is 49.5 Å². The highest BCUT2D eigenvalue weighted by molar-refractivity contribution is 7.99. The number of ether oxygens (including phenoxy) is 1. The molecule has 0 spiro atoms. The Labute approximate surface area is 182 Å². The normalized spacial score (nSPS) is 12.1. The Balaban J connectivity index is 1.93. The maximum atomic E-state index is 13.2. The molecule has 0 atom stereocenters. The molecule has 1 heterocycles. The molecule has 1 amide bonds. The third-order valence-corrected chi connectivity index (χ3v) is 6.04. The van der Waals surface area contributed by atoms with E-state index in [4.69, 9.17) is 4.74 Å². The summed E-state index contributed by atoms with van der Waals surface area (Å²) in [6.45, 7) is 2.14. The summed E-state index contributed by atoms with van der Waals surface area (Å²) in [6, 6.07) is 12.3. The zero-order valence-electron chi connectivity index (χ0n) is 18.3. The number of hydrogen-bond donors (Lipinski definition) is 0. The third kappa shape index (κ3) is 4.73. The van der Waals surface area contributed by atoms with Crippen LogP contribution in [0.3, 0.4) is 0 Å². The quantitative estimate of drug-likeness (QED) is 0.598. The molecule has 2 aromatic carbocycles. The van der Waals surface area contributed by atoms with Gasteiger partial charge in [-0.1, -0.05) is 11.8 Å². The molecule has 0 fully saturated rings. The first kappa shape index (κ1) is 22.0. The third-order valence-electron chi connectivity index (χ3n) is 4.95. The smallest absolute Gasteiger partial charge is 0.305 e. The lowest BCUT2D eigenvalue weighted by Crippen LogP contribution is -2.28. The van der Waals surface area contributed by atoms with Crippen molar-refractivity contribution in [3.8, 4) is 0 Å². The van der Waals surface area contributed by atoms with E-state index in [1.165, 1.54) is 0 Å². The first-order chi connectivity index (χ1) is 14.3. The predicted molar refractivity (Wildman–Crippen MR) is 123 cm³/mol. The Morgan fingerprint density at radius 2 is 1.43 bits per heavy atom. The highest BCUT2D eigenvalue weighted by Crippen LogP contribution is 2.50. The van der Waals surface area contributed by atoms with E-state index in [1.807, 2.05) is 52.5 Å². The molecule has 160 valence electrons. The highest BCUT2D eigenvalue weighted by atomic mass is 32.2. The summed E-state index contributed by atoms with van der Waals surface area (Å²) in [6.07, 6.45) is 1.01. The number of carbonyl (C=O) groups excluding carboxylic acids is 2. The number of fused-ring (bicyclic) bond motifs is 2. The Morgan fingerprint density at radius 3 is 1.90 bits per heavy atom. The molecule has 6 nitrogen and oxygen atoms in total. The average Bonchev–Trinajstić information content (AvgIpc) is 2.70. The summed E-state index contributed by atoms with van der Waals surface area (Å²) >= 11 is 1.68. The minimum Gasteiger partial charge on any atom is -0.466 e. The van der Waals surface area contributed by atoms with Crippen LogP contribution in [0.2, 0.25) is 0 Å². The molecule has 0 N–H and O–H groups in total. The standard InChI is InChI=1S/C23H29N3O3S/c1-6-29-23(28)9-7-8-22(27)26-18-12-10-16(24(2)3)14-20(18)30-21-15-17(25(4)5)11-13-19(21)26/h10-15H,6-9H2,1-5H3. The molecule has 0 bridgehead atoms. The Hall–Kier alpha value is -2.67. The van der Waals surface area contributed by atoms with E-state index >= 15 is 0 Å². The fourth-order valence-corrected chi connectivity index (χ4v) is 4.46. The Kier molecular flexibility index (Phi) is 6.92. The van der Waals surface area contributed by atoms with Crippen LogP contribution in [-0.4, -0.2) is 46.7 Å². The largest absolute Gasteiger partial charge is 0.466 e. The van der Waals surface area contributed by atoms with E-state index in [0.717, 1.165) is 32.5 Å². The van der Waals surface area contributed by atoms with E-state index in [2.05, 4.69) is 21.9 Å². The van der Waals surface area contributed by atoms with Gasteiger partial charge >= 0.3 is 5.97 Å². The molecular weight excluding hydrogens is 398 g/mol. The number of anilines is 4. The highest BCUT2D eigenvalue weighted by Gasteiger charge is 2.29. The molecule has 0 unspecified atom stereocenters. The van der Waals surface area contributed by atoms with Crippen LogP contribution in [0, 0.1) is 0 Å². The lowest BCUT2D eigenvalue weighted by atomic mass is 10.1.